The standard InChI is InChI=1S/C18H28N2O/c1-4-20(17-11-6-5-9-15(17)12-19)18(21)16-10-7-8-13(2)14(16)3/h7-8,10,15,17H,4-6,9,11-12,19H2,1-3H3. The van der Waals surface area contributed by atoms with E-state index in [1.165, 1.54) is 18.4 Å². The third kappa shape index (κ3) is 3.29. The molecule has 116 valence electrons. The highest BCUT2D eigenvalue weighted by atomic mass is 16.2. The molecule has 1 fully saturated rings. The molecule has 0 saturated heterocycles. The molecule has 2 N–H and O–H groups in total. The molecule has 2 rings (SSSR count). The van der Waals surface area contributed by atoms with Gasteiger partial charge in [0.05, 0.1) is 0 Å². The first kappa shape index (κ1) is 16.0. The molecule has 1 aromatic rings. The number of hydrogen-bond donors (Lipinski definition) is 1. The largest absolute Gasteiger partial charge is 0.336 e. The van der Waals surface area contributed by atoms with Gasteiger partial charge in [0.15, 0.2) is 0 Å². The van der Waals surface area contributed by atoms with Crippen LogP contribution in [0.3, 0.4) is 0 Å². The Morgan fingerprint density at radius 2 is 2.00 bits per heavy atom. The van der Waals surface area contributed by atoms with Gasteiger partial charge in [0.2, 0.25) is 0 Å². The molecule has 0 spiro atoms. The van der Waals surface area contributed by atoms with Crippen LogP contribution in [0.5, 0.6) is 0 Å². The maximum absolute atomic E-state index is 13.0. The molecular weight excluding hydrogens is 260 g/mol. The van der Waals surface area contributed by atoms with E-state index >= 15 is 0 Å². The van der Waals surface area contributed by atoms with Crippen molar-refractivity contribution in [1.29, 1.82) is 0 Å². The normalized spacial score (nSPS) is 22.1. The van der Waals surface area contributed by atoms with E-state index in [0.29, 0.717) is 18.5 Å². The summed E-state index contributed by atoms with van der Waals surface area (Å²) in [5.41, 5.74) is 9.06. The molecule has 1 aliphatic carbocycles. The molecule has 21 heavy (non-hydrogen) atoms. The number of hydrogen-bond acceptors (Lipinski definition) is 2. The van der Waals surface area contributed by atoms with E-state index in [4.69, 9.17) is 5.73 Å². The van der Waals surface area contributed by atoms with Crippen LogP contribution in [0.1, 0.15) is 54.1 Å². The van der Waals surface area contributed by atoms with Crippen LogP contribution in [0.15, 0.2) is 18.2 Å². The summed E-state index contributed by atoms with van der Waals surface area (Å²) in [7, 11) is 0. The Hall–Kier alpha value is -1.35. The molecule has 1 aliphatic rings. The zero-order chi connectivity index (χ0) is 15.4. The van der Waals surface area contributed by atoms with Gasteiger partial charge >= 0.3 is 0 Å². The van der Waals surface area contributed by atoms with Crippen LogP contribution in [0.25, 0.3) is 0 Å². The van der Waals surface area contributed by atoms with Gasteiger partial charge in [0.1, 0.15) is 0 Å². The van der Waals surface area contributed by atoms with E-state index in [9.17, 15) is 4.79 Å². The molecule has 2 atom stereocenters. The molecule has 0 bridgehead atoms. The summed E-state index contributed by atoms with van der Waals surface area (Å²) >= 11 is 0. The Morgan fingerprint density at radius 1 is 1.29 bits per heavy atom. The lowest BCUT2D eigenvalue weighted by Crippen LogP contribution is -2.48. The summed E-state index contributed by atoms with van der Waals surface area (Å²) in [6.07, 6.45) is 4.69. The molecule has 0 radical (unpaired) electrons. The van der Waals surface area contributed by atoms with E-state index in [1.54, 1.807) is 0 Å². The van der Waals surface area contributed by atoms with Gasteiger partial charge in [-0.05, 0) is 63.3 Å². The molecule has 2 unspecified atom stereocenters. The molecule has 1 aromatic carbocycles. The third-order valence-electron chi connectivity index (χ3n) is 5.01. The zero-order valence-corrected chi connectivity index (χ0v) is 13.6. The first-order chi connectivity index (χ1) is 10.1. The van der Waals surface area contributed by atoms with Gasteiger partial charge in [-0.2, -0.15) is 0 Å². The zero-order valence-electron chi connectivity index (χ0n) is 13.6. The monoisotopic (exact) mass is 288 g/mol. The third-order valence-corrected chi connectivity index (χ3v) is 5.01. The second-order valence-electron chi connectivity index (χ2n) is 6.19. The van der Waals surface area contributed by atoms with Gasteiger partial charge in [0, 0.05) is 18.2 Å². The molecular formula is C18H28N2O. The Bertz CT molecular complexity index is 498. The highest BCUT2D eigenvalue weighted by molar-refractivity contribution is 5.96. The topological polar surface area (TPSA) is 46.3 Å². The van der Waals surface area contributed by atoms with Gasteiger partial charge < -0.3 is 10.6 Å². The molecule has 3 heteroatoms. The number of rotatable bonds is 4. The highest BCUT2D eigenvalue weighted by Crippen LogP contribution is 2.29. The second kappa shape index (κ2) is 7.08. The first-order valence-corrected chi connectivity index (χ1v) is 8.17. The molecule has 0 aromatic heterocycles. The van der Waals surface area contributed by atoms with Crippen LogP contribution in [-0.4, -0.2) is 29.9 Å². The van der Waals surface area contributed by atoms with Crippen molar-refractivity contribution in [2.75, 3.05) is 13.1 Å². The smallest absolute Gasteiger partial charge is 0.254 e. The average Bonchev–Trinajstić information content (AvgIpc) is 2.51. The summed E-state index contributed by atoms with van der Waals surface area (Å²) in [5, 5.41) is 0. The fourth-order valence-electron chi connectivity index (χ4n) is 3.54. The van der Waals surface area contributed by atoms with Crippen molar-refractivity contribution in [3.63, 3.8) is 0 Å². The maximum Gasteiger partial charge on any atom is 0.254 e. The quantitative estimate of drug-likeness (QED) is 0.924. The van der Waals surface area contributed by atoms with E-state index < -0.39 is 0 Å². The maximum atomic E-state index is 13.0. The first-order valence-electron chi connectivity index (χ1n) is 8.17. The second-order valence-corrected chi connectivity index (χ2v) is 6.19. The van der Waals surface area contributed by atoms with Gasteiger partial charge in [-0.3, -0.25) is 4.79 Å². The summed E-state index contributed by atoms with van der Waals surface area (Å²) in [6, 6.07) is 6.30. The van der Waals surface area contributed by atoms with Crippen molar-refractivity contribution in [3.05, 3.63) is 34.9 Å². The van der Waals surface area contributed by atoms with Gasteiger partial charge in [-0.1, -0.05) is 25.0 Å². The van der Waals surface area contributed by atoms with Crippen molar-refractivity contribution in [3.8, 4) is 0 Å². The van der Waals surface area contributed by atoms with Gasteiger partial charge in [-0.15, -0.1) is 0 Å². The number of carbonyl (C=O) groups is 1. The summed E-state index contributed by atoms with van der Waals surface area (Å²) < 4.78 is 0. The lowest BCUT2D eigenvalue weighted by atomic mass is 9.83. The van der Waals surface area contributed by atoms with Crippen LogP contribution in [-0.2, 0) is 0 Å². The predicted molar refractivity (Wildman–Crippen MR) is 87.4 cm³/mol. The van der Waals surface area contributed by atoms with Crippen molar-refractivity contribution in [2.24, 2.45) is 11.7 Å². The highest BCUT2D eigenvalue weighted by Gasteiger charge is 2.32. The minimum absolute atomic E-state index is 0.170. The number of benzene rings is 1. The number of amides is 1. The molecule has 0 heterocycles. The van der Waals surface area contributed by atoms with E-state index in [2.05, 4.69) is 24.8 Å². The summed E-state index contributed by atoms with van der Waals surface area (Å²) in [4.78, 5) is 15.0. The van der Waals surface area contributed by atoms with Crippen molar-refractivity contribution < 1.29 is 4.79 Å². The van der Waals surface area contributed by atoms with Crippen LogP contribution >= 0.6 is 0 Å². The van der Waals surface area contributed by atoms with Crippen molar-refractivity contribution in [1.82, 2.24) is 4.90 Å². The van der Waals surface area contributed by atoms with E-state index in [1.807, 2.05) is 19.1 Å². The fourth-order valence-corrected chi connectivity index (χ4v) is 3.54. The molecule has 1 amide bonds. The Labute approximate surface area is 128 Å². The Balaban J connectivity index is 2.27. The number of carbonyl (C=O) groups excluding carboxylic acids is 1. The van der Waals surface area contributed by atoms with Crippen molar-refractivity contribution in [2.45, 2.75) is 52.5 Å². The Kier molecular flexibility index (Phi) is 5.40. The number of nitrogens with zero attached hydrogens (tertiary/aromatic N) is 1. The summed E-state index contributed by atoms with van der Waals surface area (Å²) in [5.74, 6) is 0.622. The lowest BCUT2D eigenvalue weighted by molar-refractivity contribution is 0.0559. The van der Waals surface area contributed by atoms with Crippen LogP contribution in [0, 0.1) is 19.8 Å². The number of aryl methyl sites for hydroxylation is 1. The summed E-state index contributed by atoms with van der Waals surface area (Å²) in [6.45, 7) is 7.61. The Morgan fingerprint density at radius 3 is 2.67 bits per heavy atom. The lowest BCUT2D eigenvalue weighted by Gasteiger charge is -2.39. The minimum atomic E-state index is 0.170. The van der Waals surface area contributed by atoms with E-state index in [0.717, 1.165) is 30.5 Å². The number of nitrogens with two attached hydrogens (primary N) is 1. The van der Waals surface area contributed by atoms with Gasteiger partial charge in [0.25, 0.3) is 5.91 Å². The van der Waals surface area contributed by atoms with Gasteiger partial charge in [-0.25, -0.2) is 0 Å². The van der Waals surface area contributed by atoms with E-state index in [-0.39, 0.29) is 5.91 Å². The average molecular weight is 288 g/mol. The molecule has 3 nitrogen and oxygen atoms in total. The predicted octanol–water partition coefficient (Wildman–Crippen LogP) is 3.28. The minimum Gasteiger partial charge on any atom is -0.336 e. The van der Waals surface area contributed by atoms with Crippen LogP contribution < -0.4 is 5.73 Å². The molecule has 1 saturated carbocycles. The SMILES string of the molecule is CCN(C(=O)c1cccc(C)c1C)C1CCCCC1CN. The van der Waals surface area contributed by atoms with Crippen molar-refractivity contribution >= 4 is 5.91 Å². The molecule has 0 aliphatic heterocycles. The fraction of sp³-hybridized carbons (Fsp3) is 0.611. The van der Waals surface area contributed by atoms with Crippen LogP contribution in [0.2, 0.25) is 0 Å². The van der Waals surface area contributed by atoms with Crippen LogP contribution in [0.4, 0.5) is 0 Å².